The molecular weight excluding hydrogens is 218 g/mol. The Bertz CT molecular complexity index is 472. The number of rotatable bonds is 1. The second kappa shape index (κ2) is 3.65. The van der Waals surface area contributed by atoms with Crippen molar-refractivity contribution in [1.82, 2.24) is 0 Å². The molecule has 0 bridgehead atoms. The molecule has 3 rings (SSSR count). The van der Waals surface area contributed by atoms with Gasteiger partial charge in [-0.1, -0.05) is 6.07 Å². The van der Waals surface area contributed by atoms with Crippen LogP contribution in [-0.2, 0) is 11.2 Å². The number of anilines is 1. The molecule has 1 aromatic carbocycles. The number of hydrogen-bond donors (Lipinski definition) is 2. The number of benzene rings is 1. The lowest BCUT2D eigenvalue weighted by atomic mass is 9.90. The molecule has 2 heterocycles. The third kappa shape index (κ3) is 1.47. The van der Waals surface area contributed by atoms with E-state index < -0.39 is 5.97 Å². The van der Waals surface area contributed by atoms with Crippen LogP contribution in [0.3, 0.4) is 0 Å². The van der Waals surface area contributed by atoms with Crippen molar-refractivity contribution >= 4 is 11.7 Å². The first-order valence-electron chi connectivity index (χ1n) is 5.99. The van der Waals surface area contributed by atoms with E-state index in [0.717, 1.165) is 30.6 Å². The van der Waals surface area contributed by atoms with Crippen LogP contribution in [0.4, 0.5) is 5.69 Å². The largest absolute Gasteiger partial charge is 0.508 e. The minimum atomic E-state index is -0.693. The predicted molar refractivity (Wildman–Crippen MR) is 63.3 cm³/mol. The lowest BCUT2D eigenvalue weighted by molar-refractivity contribution is -0.141. The minimum absolute atomic E-state index is 0.0989. The van der Waals surface area contributed by atoms with Crippen LogP contribution in [0.15, 0.2) is 18.2 Å². The van der Waals surface area contributed by atoms with Crippen molar-refractivity contribution in [3.8, 4) is 5.75 Å². The molecule has 17 heavy (non-hydrogen) atoms. The highest BCUT2D eigenvalue weighted by Gasteiger charge is 2.41. The highest BCUT2D eigenvalue weighted by molar-refractivity contribution is 5.74. The summed E-state index contributed by atoms with van der Waals surface area (Å²) < 4.78 is 0. The third-order valence-corrected chi connectivity index (χ3v) is 3.99. The summed E-state index contributed by atoms with van der Waals surface area (Å²) in [5.74, 6) is -0.619. The van der Waals surface area contributed by atoms with E-state index in [-0.39, 0.29) is 12.0 Å². The average Bonchev–Trinajstić information content (AvgIpc) is 2.73. The molecule has 4 nitrogen and oxygen atoms in total. The van der Waals surface area contributed by atoms with Crippen LogP contribution in [0, 0.1) is 5.92 Å². The normalized spacial score (nSPS) is 26.5. The van der Waals surface area contributed by atoms with Crippen molar-refractivity contribution in [3.05, 3.63) is 23.8 Å². The van der Waals surface area contributed by atoms with E-state index in [0.29, 0.717) is 12.2 Å². The fourth-order valence-corrected chi connectivity index (χ4v) is 3.18. The van der Waals surface area contributed by atoms with E-state index >= 15 is 0 Å². The first-order valence-corrected chi connectivity index (χ1v) is 5.99. The van der Waals surface area contributed by atoms with Crippen LogP contribution in [0.2, 0.25) is 0 Å². The molecule has 0 aliphatic carbocycles. The molecule has 2 atom stereocenters. The topological polar surface area (TPSA) is 60.8 Å². The number of aromatic hydroxyl groups is 1. The standard InChI is InChI=1S/C13H15NO3/c15-12-3-1-2-10-8(12)4-5-11-9(13(16)17)6-7-14(10)11/h1-3,9,11,15H,4-7H2,(H,16,17). The van der Waals surface area contributed by atoms with Crippen molar-refractivity contribution in [1.29, 1.82) is 0 Å². The summed E-state index contributed by atoms with van der Waals surface area (Å²) in [7, 11) is 0. The van der Waals surface area contributed by atoms with E-state index in [2.05, 4.69) is 4.90 Å². The molecule has 1 saturated heterocycles. The fraction of sp³-hybridized carbons (Fsp3) is 0.462. The molecule has 0 amide bonds. The molecule has 0 radical (unpaired) electrons. The Morgan fingerprint density at radius 3 is 2.94 bits per heavy atom. The second-order valence-electron chi connectivity index (χ2n) is 4.81. The minimum Gasteiger partial charge on any atom is -0.508 e. The Balaban J connectivity index is 1.99. The first kappa shape index (κ1) is 10.4. The quantitative estimate of drug-likeness (QED) is 0.773. The molecular formula is C13H15NO3. The summed E-state index contributed by atoms with van der Waals surface area (Å²) in [6.45, 7) is 0.776. The number of carboxylic acids is 1. The fourth-order valence-electron chi connectivity index (χ4n) is 3.18. The lowest BCUT2D eigenvalue weighted by Crippen LogP contribution is -2.39. The molecule has 90 valence electrons. The Labute approximate surface area is 99.5 Å². The van der Waals surface area contributed by atoms with Gasteiger partial charge in [-0.2, -0.15) is 0 Å². The number of carbonyl (C=O) groups is 1. The van der Waals surface area contributed by atoms with Crippen molar-refractivity contribution in [2.75, 3.05) is 11.4 Å². The van der Waals surface area contributed by atoms with E-state index in [9.17, 15) is 15.0 Å². The van der Waals surface area contributed by atoms with Gasteiger partial charge in [0, 0.05) is 23.8 Å². The maximum absolute atomic E-state index is 11.2. The number of carboxylic acid groups (broad SMARTS) is 1. The summed E-state index contributed by atoms with van der Waals surface area (Å²) in [4.78, 5) is 13.3. The molecule has 0 spiro atoms. The summed E-state index contributed by atoms with van der Waals surface area (Å²) in [5.41, 5.74) is 1.99. The third-order valence-electron chi connectivity index (χ3n) is 3.99. The molecule has 0 aromatic heterocycles. The van der Waals surface area contributed by atoms with Gasteiger partial charge in [0.2, 0.25) is 0 Å². The van der Waals surface area contributed by atoms with Gasteiger partial charge in [-0.05, 0) is 31.4 Å². The lowest BCUT2D eigenvalue weighted by Gasteiger charge is -2.35. The smallest absolute Gasteiger partial charge is 0.308 e. The van der Waals surface area contributed by atoms with Gasteiger partial charge in [-0.25, -0.2) is 0 Å². The summed E-state index contributed by atoms with van der Waals surface area (Å²) in [6, 6.07) is 5.60. The Morgan fingerprint density at radius 1 is 1.35 bits per heavy atom. The average molecular weight is 233 g/mol. The number of phenolic OH excluding ortho intramolecular Hbond substituents is 1. The Kier molecular flexibility index (Phi) is 2.24. The maximum Gasteiger partial charge on any atom is 0.308 e. The van der Waals surface area contributed by atoms with Crippen LogP contribution in [0.5, 0.6) is 5.75 Å². The van der Waals surface area contributed by atoms with E-state index in [4.69, 9.17) is 0 Å². The van der Waals surface area contributed by atoms with Gasteiger partial charge in [0.05, 0.1) is 5.92 Å². The van der Waals surface area contributed by atoms with E-state index in [1.54, 1.807) is 6.07 Å². The molecule has 4 heteroatoms. The molecule has 1 aromatic rings. The monoisotopic (exact) mass is 233 g/mol. The van der Waals surface area contributed by atoms with Gasteiger partial charge in [0.1, 0.15) is 5.75 Å². The van der Waals surface area contributed by atoms with E-state index in [1.165, 1.54) is 0 Å². The van der Waals surface area contributed by atoms with Crippen LogP contribution < -0.4 is 4.90 Å². The number of nitrogens with zero attached hydrogens (tertiary/aromatic N) is 1. The number of aliphatic carboxylic acids is 1. The van der Waals surface area contributed by atoms with Crippen molar-refractivity contribution in [2.45, 2.75) is 25.3 Å². The first-order chi connectivity index (χ1) is 8.18. The van der Waals surface area contributed by atoms with Crippen LogP contribution in [0.25, 0.3) is 0 Å². The summed E-state index contributed by atoms with van der Waals surface area (Å²) in [6.07, 6.45) is 2.30. The van der Waals surface area contributed by atoms with Crippen LogP contribution in [0.1, 0.15) is 18.4 Å². The van der Waals surface area contributed by atoms with E-state index in [1.807, 2.05) is 12.1 Å². The van der Waals surface area contributed by atoms with Gasteiger partial charge in [0.25, 0.3) is 0 Å². The maximum atomic E-state index is 11.2. The molecule has 2 aliphatic heterocycles. The Morgan fingerprint density at radius 2 is 2.18 bits per heavy atom. The van der Waals surface area contributed by atoms with Crippen molar-refractivity contribution < 1.29 is 15.0 Å². The molecule has 1 fully saturated rings. The highest BCUT2D eigenvalue weighted by atomic mass is 16.4. The van der Waals surface area contributed by atoms with Crippen molar-refractivity contribution in [3.63, 3.8) is 0 Å². The SMILES string of the molecule is O=C(O)C1CCN2c3cccc(O)c3CCC12. The van der Waals surface area contributed by atoms with Crippen molar-refractivity contribution in [2.24, 2.45) is 5.92 Å². The van der Waals surface area contributed by atoms with Gasteiger partial charge in [-0.3, -0.25) is 4.79 Å². The number of phenols is 1. The molecule has 0 saturated carbocycles. The zero-order chi connectivity index (χ0) is 12.0. The van der Waals surface area contributed by atoms with Gasteiger partial charge < -0.3 is 15.1 Å². The van der Waals surface area contributed by atoms with Gasteiger partial charge >= 0.3 is 5.97 Å². The summed E-state index contributed by atoms with van der Waals surface area (Å²) >= 11 is 0. The number of fused-ring (bicyclic) bond motifs is 3. The zero-order valence-electron chi connectivity index (χ0n) is 9.47. The molecule has 2 unspecified atom stereocenters. The van der Waals surface area contributed by atoms with Gasteiger partial charge in [0.15, 0.2) is 0 Å². The molecule has 2 aliphatic rings. The Hall–Kier alpha value is -1.71. The zero-order valence-corrected chi connectivity index (χ0v) is 9.47. The molecule has 2 N–H and O–H groups in total. The predicted octanol–water partition coefficient (Wildman–Crippen LogP) is 1.62. The highest BCUT2D eigenvalue weighted by Crippen LogP contribution is 2.41. The summed E-state index contributed by atoms with van der Waals surface area (Å²) in [5, 5.41) is 19.0. The second-order valence-corrected chi connectivity index (χ2v) is 4.81. The van der Waals surface area contributed by atoms with Crippen LogP contribution >= 0.6 is 0 Å². The van der Waals surface area contributed by atoms with Crippen LogP contribution in [-0.4, -0.2) is 28.8 Å². The van der Waals surface area contributed by atoms with Gasteiger partial charge in [-0.15, -0.1) is 0 Å². The number of hydrogen-bond acceptors (Lipinski definition) is 3.